The van der Waals surface area contributed by atoms with Crippen molar-refractivity contribution in [2.24, 2.45) is 5.73 Å². The number of hydrogen-bond acceptors (Lipinski definition) is 3. The van der Waals surface area contributed by atoms with Gasteiger partial charge in [0.05, 0.1) is 5.57 Å². The summed E-state index contributed by atoms with van der Waals surface area (Å²) in [7, 11) is 0. The first-order valence-electron chi connectivity index (χ1n) is 5.36. The second-order valence-corrected chi connectivity index (χ2v) is 4.46. The van der Waals surface area contributed by atoms with Gasteiger partial charge in [0.1, 0.15) is 0 Å². The van der Waals surface area contributed by atoms with Crippen molar-refractivity contribution in [3.05, 3.63) is 58.3 Å². The number of carbonyl (C=O) groups is 1. The number of primary amides is 1. The summed E-state index contributed by atoms with van der Waals surface area (Å²) in [5, 5.41) is 11.3. The molecule has 1 aromatic heterocycles. The molecule has 0 spiro atoms. The lowest BCUT2D eigenvalue weighted by molar-refractivity contribution is -0.112. The molecule has 0 atom stereocenters. The molecular weight excluding hydrogens is 244 g/mol. The smallest absolute Gasteiger partial charge is 0.250 e. The van der Waals surface area contributed by atoms with Gasteiger partial charge < -0.3 is 11.1 Å². The van der Waals surface area contributed by atoms with Gasteiger partial charge in [-0.25, -0.2) is 0 Å². The maximum Gasteiger partial charge on any atom is 0.250 e. The van der Waals surface area contributed by atoms with Gasteiger partial charge in [0, 0.05) is 11.8 Å². The number of allylic oxidation sites excluding steroid dienone is 1. The molecule has 0 fully saturated rings. The van der Waals surface area contributed by atoms with Crippen LogP contribution in [0.4, 0.5) is 0 Å². The second kappa shape index (κ2) is 5.42. The molecule has 0 aliphatic carbocycles. The highest BCUT2D eigenvalue weighted by Crippen LogP contribution is 2.26. The fraction of sp³-hybridized carbons (Fsp3) is 0. The number of carbonyl (C=O) groups excluding carboxylic acids is 1. The number of hydrogen-bond donors (Lipinski definition) is 2. The van der Waals surface area contributed by atoms with Crippen LogP contribution in [-0.4, -0.2) is 12.1 Å². The average molecular weight is 256 g/mol. The van der Waals surface area contributed by atoms with Crippen molar-refractivity contribution in [3.63, 3.8) is 0 Å². The molecule has 2 aromatic rings. The van der Waals surface area contributed by atoms with Crippen LogP contribution in [0, 0.1) is 5.41 Å². The average Bonchev–Trinajstić information content (AvgIpc) is 2.89. The maximum absolute atomic E-state index is 11.6. The third-order valence-corrected chi connectivity index (χ3v) is 3.24. The van der Waals surface area contributed by atoms with Crippen molar-refractivity contribution in [1.29, 1.82) is 5.41 Å². The molecule has 0 radical (unpaired) electrons. The minimum Gasteiger partial charge on any atom is -0.366 e. The molecule has 0 aliphatic rings. The zero-order valence-corrected chi connectivity index (χ0v) is 10.4. The van der Waals surface area contributed by atoms with Gasteiger partial charge >= 0.3 is 0 Å². The molecule has 90 valence electrons. The largest absolute Gasteiger partial charge is 0.366 e. The fourth-order valence-electron chi connectivity index (χ4n) is 1.75. The van der Waals surface area contributed by atoms with Crippen LogP contribution in [-0.2, 0) is 4.79 Å². The van der Waals surface area contributed by atoms with Crippen molar-refractivity contribution in [3.8, 4) is 0 Å². The van der Waals surface area contributed by atoms with Gasteiger partial charge in [-0.1, -0.05) is 30.3 Å². The predicted molar refractivity (Wildman–Crippen MR) is 75.6 cm³/mol. The highest BCUT2D eigenvalue weighted by Gasteiger charge is 2.15. The van der Waals surface area contributed by atoms with Gasteiger partial charge in [-0.2, -0.15) is 11.3 Å². The summed E-state index contributed by atoms with van der Waals surface area (Å²) in [6, 6.07) is 11.2. The minimum absolute atomic E-state index is 0.387. The Morgan fingerprint density at radius 2 is 1.89 bits per heavy atom. The monoisotopic (exact) mass is 256 g/mol. The Bertz CT molecular complexity index is 586. The van der Waals surface area contributed by atoms with E-state index in [1.807, 2.05) is 47.2 Å². The topological polar surface area (TPSA) is 66.9 Å². The molecule has 1 heterocycles. The first-order chi connectivity index (χ1) is 8.74. The van der Waals surface area contributed by atoms with E-state index < -0.39 is 5.91 Å². The van der Waals surface area contributed by atoms with Crippen molar-refractivity contribution < 1.29 is 4.79 Å². The zero-order chi connectivity index (χ0) is 13.0. The lowest BCUT2D eigenvalue weighted by Gasteiger charge is -2.08. The third-order valence-electron chi connectivity index (χ3n) is 2.55. The van der Waals surface area contributed by atoms with E-state index in [4.69, 9.17) is 11.1 Å². The van der Waals surface area contributed by atoms with Crippen molar-refractivity contribution >= 4 is 34.6 Å². The first kappa shape index (κ1) is 12.3. The Morgan fingerprint density at radius 3 is 2.39 bits per heavy atom. The number of benzene rings is 1. The maximum atomic E-state index is 11.6. The van der Waals surface area contributed by atoms with Crippen LogP contribution >= 0.6 is 11.3 Å². The fourth-order valence-corrected chi connectivity index (χ4v) is 2.40. The quantitative estimate of drug-likeness (QED) is 0.641. The highest BCUT2D eigenvalue weighted by molar-refractivity contribution is 7.08. The van der Waals surface area contributed by atoms with Gasteiger partial charge in [0.25, 0.3) is 0 Å². The van der Waals surface area contributed by atoms with Crippen LogP contribution < -0.4 is 5.73 Å². The van der Waals surface area contributed by atoms with Crippen molar-refractivity contribution in [2.75, 3.05) is 0 Å². The Balaban J connectivity index is 2.66. The number of thiophene rings is 1. The molecule has 3 N–H and O–H groups in total. The van der Waals surface area contributed by atoms with E-state index in [9.17, 15) is 4.79 Å². The summed E-state index contributed by atoms with van der Waals surface area (Å²) in [6.45, 7) is 0. The Kier molecular flexibility index (Phi) is 3.69. The zero-order valence-electron chi connectivity index (χ0n) is 9.59. The van der Waals surface area contributed by atoms with E-state index in [1.165, 1.54) is 17.6 Å². The molecule has 1 aromatic carbocycles. The molecule has 3 nitrogen and oxygen atoms in total. The van der Waals surface area contributed by atoms with Crippen LogP contribution in [0.25, 0.3) is 11.1 Å². The summed E-state index contributed by atoms with van der Waals surface area (Å²) in [5.41, 5.74) is 7.95. The summed E-state index contributed by atoms with van der Waals surface area (Å²) in [6.07, 6.45) is 1.17. The molecule has 4 heteroatoms. The second-order valence-electron chi connectivity index (χ2n) is 3.68. The standard InChI is InChI=1S/C14H12N2OS/c15-8-12(10-4-2-1-3-5-10)13(14(16)17)11-6-7-18-9-11/h1-9,15H,(H2,16,17)/b13-12+,15-8?. The number of nitrogens with one attached hydrogen (secondary N) is 1. The van der Waals surface area contributed by atoms with Crippen molar-refractivity contribution in [2.45, 2.75) is 0 Å². The third kappa shape index (κ3) is 2.38. The molecule has 0 saturated heterocycles. The van der Waals surface area contributed by atoms with Gasteiger partial charge in [-0.15, -0.1) is 0 Å². The van der Waals surface area contributed by atoms with E-state index >= 15 is 0 Å². The van der Waals surface area contributed by atoms with Crippen molar-refractivity contribution in [1.82, 2.24) is 0 Å². The molecule has 2 rings (SSSR count). The van der Waals surface area contributed by atoms with Gasteiger partial charge in [-0.3, -0.25) is 4.79 Å². The minimum atomic E-state index is -0.518. The highest BCUT2D eigenvalue weighted by atomic mass is 32.1. The summed E-state index contributed by atoms with van der Waals surface area (Å²) in [5.74, 6) is -0.518. The Morgan fingerprint density at radius 1 is 1.17 bits per heavy atom. The number of rotatable bonds is 4. The van der Waals surface area contributed by atoms with Crippen LogP contribution in [0.15, 0.2) is 47.2 Å². The lowest BCUT2D eigenvalue weighted by Crippen LogP contribution is -2.14. The number of amides is 1. The van der Waals surface area contributed by atoms with Gasteiger partial charge in [0.15, 0.2) is 0 Å². The molecule has 18 heavy (non-hydrogen) atoms. The van der Waals surface area contributed by atoms with Crippen LogP contribution in [0.3, 0.4) is 0 Å². The summed E-state index contributed by atoms with van der Waals surface area (Å²) >= 11 is 1.49. The number of nitrogens with two attached hydrogens (primary N) is 1. The van der Waals surface area contributed by atoms with Crippen LogP contribution in [0.2, 0.25) is 0 Å². The first-order valence-corrected chi connectivity index (χ1v) is 6.31. The molecule has 0 bridgehead atoms. The SMILES string of the molecule is N=C/C(=C(\C(N)=O)c1ccsc1)c1ccccc1. The predicted octanol–water partition coefficient (Wildman–Crippen LogP) is 2.79. The molecular formula is C14H12N2OS. The molecule has 1 amide bonds. The summed E-state index contributed by atoms with van der Waals surface area (Å²) in [4.78, 5) is 11.6. The van der Waals surface area contributed by atoms with E-state index in [1.54, 1.807) is 0 Å². The lowest BCUT2D eigenvalue weighted by atomic mass is 9.96. The van der Waals surface area contributed by atoms with E-state index in [0.717, 1.165) is 11.1 Å². The van der Waals surface area contributed by atoms with E-state index in [2.05, 4.69) is 0 Å². The normalized spacial score (nSPS) is 11.8. The van der Waals surface area contributed by atoms with E-state index in [-0.39, 0.29) is 0 Å². The molecule has 0 aliphatic heterocycles. The Labute approximate surface area is 109 Å². The van der Waals surface area contributed by atoms with Crippen LogP contribution in [0.5, 0.6) is 0 Å². The van der Waals surface area contributed by atoms with Crippen LogP contribution in [0.1, 0.15) is 11.1 Å². The Hall–Kier alpha value is -2.20. The molecule has 0 unspecified atom stereocenters. The summed E-state index contributed by atoms with van der Waals surface area (Å²) < 4.78 is 0. The van der Waals surface area contributed by atoms with Gasteiger partial charge in [-0.05, 0) is 28.0 Å². The molecule has 0 saturated carbocycles. The van der Waals surface area contributed by atoms with Gasteiger partial charge in [0.2, 0.25) is 5.91 Å². The van der Waals surface area contributed by atoms with E-state index in [0.29, 0.717) is 11.1 Å².